The Morgan fingerprint density at radius 2 is 1.37 bits per heavy atom. The van der Waals surface area contributed by atoms with Crippen LogP contribution in [0.2, 0.25) is 0 Å². The van der Waals surface area contributed by atoms with Crippen molar-refractivity contribution in [2.75, 3.05) is 14.1 Å². The molecule has 0 saturated heterocycles. The molecule has 5 nitrogen and oxygen atoms in total. The fourth-order valence-electron chi connectivity index (χ4n) is 2.67. The molecule has 0 saturated carbocycles. The third-order valence-corrected chi connectivity index (χ3v) is 7.63. The van der Waals surface area contributed by atoms with Crippen LogP contribution in [0.15, 0.2) is 53.4 Å². The van der Waals surface area contributed by atoms with E-state index in [1.54, 1.807) is 12.1 Å². The summed E-state index contributed by atoms with van der Waals surface area (Å²) in [5, 5.41) is 0. The van der Waals surface area contributed by atoms with Crippen LogP contribution in [0.4, 0.5) is 0 Å². The predicted octanol–water partition coefficient (Wildman–Crippen LogP) is 3.35. The lowest BCUT2D eigenvalue weighted by atomic mass is 9.87. The van der Waals surface area contributed by atoms with Gasteiger partial charge in [0.1, 0.15) is 0 Å². The lowest BCUT2D eigenvalue weighted by Crippen LogP contribution is -2.22. The minimum Gasteiger partial charge on any atom is -0.228 e. The van der Waals surface area contributed by atoms with Crippen molar-refractivity contribution in [1.29, 1.82) is 0 Å². The van der Waals surface area contributed by atoms with Crippen LogP contribution in [0.5, 0.6) is 0 Å². The van der Waals surface area contributed by atoms with Crippen LogP contribution in [0, 0.1) is 0 Å². The molecule has 0 amide bonds. The third kappa shape index (κ3) is 5.64. The molecule has 0 N–H and O–H groups in total. The molecule has 0 fully saturated rings. The summed E-state index contributed by atoms with van der Waals surface area (Å²) < 4.78 is 50.7. The standard InChI is InChI=1S/C20H27NO4S2/c1-20(2,3)18-11-9-16(10-12-18)14-26(22,23)15-17-7-6-8-19(13-17)27(24,25)21(4)5/h6-13H,14-15H2,1-5H3. The molecular formula is C20H27NO4S2. The zero-order valence-electron chi connectivity index (χ0n) is 16.4. The summed E-state index contributed by atoms with van der Waals surface area (Å²) in [6, 6.07) is 13.7. The highest BCUT2D eigenvalue weighted by molar-refractivity contribution is 7.90. The summed E-state index contributed by atoms with van der Waals surface area (Å²) >= 11 is 0. The van der Waals surface area contributed by atoms with Crippen molar-refractivity contribution in [3.05, 3.63) is 65.2 Å². The van der Waals surface area contributed by atoms with E-state index in [0.29, 0.717) is 5.56 Å². The molecule has 0 heterocycles. The van der Waals surface area contributed by atoms with Gasteiger partial charge in [0.2, 0.25) is 10.0 Å². The number of sulfonamides is 1. The van der Waals surface area contributed by atoms with Crippen LogP contribution < -0.4 is 0 Å². The molecule has 0 radical (unpaired) electrons. The van der Waals surface area contributed by atoms with E-state index < -0.39 is 19.9 Å². The molecular weight excluding hydrogens is 382 g/mol. The van der Waals surface area contributed by atoms with Gasteiger partial charge >= 0.3 is 0 Å². The fraction of sp³-hybridized carbons (Fsp3) is 0.400. The van der Waals surface area contributed by atoms with Gasteiger partial charge in [0.05, 0.1) is 16.4 Å². The third-order valence-electron chi connectivity index (χ3n) is 4.27. The summed E-state index contributed by atoms with van der Waals surface area (Å²) in [7, 11) is -4.13. The van der Waals surface area contributed by atoms with Crippen LogP contribution in [0.3, 0.4) is 0 Å². The Bertz CT molecular complexity index is 1000. The molecule has 2 aromatic rings. The Morgan fingerprint density at radius 3 is 1.89 bits per heavy atom. The van der Waals surface area contributed by atoms with Gasteiger partial charge in [-0.3, -0.25) is 0 Å². The van der Waals surface area contributed by atoms with E-state index in [1.807, 2.05) is 24.3 Å². The highest BCUT2D eigenvalue weighted by Gasteiger charge is 2.20. The van der Waals surface area contributed by atoms with E-state index in [-0.39, 0.29) is 21.8 Å². The van der Waals surface area contributed by atoms with Crippen molar-refractivity contribution >= 4 is 19.9 Å². The van der Waals surface area contributed by atoms with E-state index in [9.17, 15) is 16.8 Å². The number of benzene rings is 2. The molecule has 0 atom stereocenters. The SMILES string of the molecule is CN(C)S(=O)(=O)c1cccc(CS(=O)(=O)Cc2ccc(C(C)(C)C)cc2)c1. The summed E-state index contributed by atoms with van der Waals surface area (Å²) in [4.78, 5) is 0.0923. The average molecular weight is 410 g/mol. The smallest absolute Gasteiger partial charge is 0.228 e. The average Bonchev–Trinajstić information content (AvgIpc) is 2.53. The highest BCUT2D eigenvalue weighted by atomic mass is 32.2. The molecule has 0 unspecified atom stereocenters. The summed E-state index contributed by atoms with van der Waals surface area (Å²) in [5.41, 5.74) is 2.34. The molecule has 0 bridgehead atoms. The van der Waals surface area contributed by atoms with Crippen molar-refractivity contribution in [3.8, 4) is 0 Å². The Labute approximate surface area is 163 Å². The second kappa shape index (κ2) is 7.73. The van der Waals surface area contributed by atoms with E-state index in [4.69, 9.17) is 0 Å². The number of nitrogens with zero attached hydrogens (tertiary/aromatic N) is 1. The topological polar surface area (TPSA) is 71.5 Å². The van der Waals surface area contributed by atoms with Crippen molar-refractivity contribution in [2.24, 2.45) is 0 Å². The lowest BCUT2D eigenvalue weighted by Gasteiger charge is -2.19. The Hall–Kier alpha value is -1.70. The van der Waals surface area contributed by atoms with E-state index >= 15 is 0 Å². The van der Waals surface area contributed by atoms with E-state index in [1.165, 1.54) is 26.2 Å². The number of sulfone groups is 1. The molecule has 0 aromatic heterocycles. The molecule has 2 rings (SSSR count). The van der Waals surface area contributed by atoms with Gasteiger partial charge in [0.15, 0.2) is 9.84 Å². The molecule has 0 spiro atoms. The molecule has 0 aliphatic heterocycles. The van der Waals surface area contributed by atoms with Crippen LogP contribution in [-0.2, 0) is 36.8 Å². The maximum Gasteiger partial charge on any atom is 0.242 e. The van der Waals surface area contributed by atoms with Crippen LogP contribution in [0.25, 0.3) is 0 Å². The summed E-state index contributed by atoms with van der Waals surface area (Å²) in [6.45, 7) is 6.31. The second-order valence-corrected chi connectivity index (χ2v) is 12.1. The maximum absolute atomic E-state index is 12.6. The largest absolute Gasteiger partial charge is 0.242 e. The quantitative estimate of drug-likeness (QED) is 0.733. The molecule has 148 valence electrons. The molecule has 7 heteroatoms. The number of rotatable bonds is 6. The maximum atomic E-state index is 12.6. The fourth-order valence-corrected chi connectivity index (χ4v) is 5.13. The number of hydrogen-bond acceptors (Lipinski definition) is 4. The zero-order valence-corrected chi connectivity index (χ0v) is 18.1. The van der Waals surface area contributed by atoms with Crippen molar-refractivity contribution in [3.63, 3.8) is 0 Å². The molecule has 0 aliphatic rings. The Kier molecular flexibility index (Phi) is 6.19. The lowest BCUT2D eigenvalue weighted by molar-refractivity contribution is 0.520. The predicted molar refractivity (Wildman–Crippen MR) is 109 cm³/mol. The van der Waals surface area contributed by atoms with Gasteiger partial charge < -0.3 is 0 Å². The van der Waals surface area contributed by atoms with Gasteiger partial charge in [-0.05, 0) is 34.2 Å². The van der Waals surface area contributed by atoms with Crippen molar-refractivity contribution in [2.45, 2.75) is 42.6 Å². The highest BCUT2D eigenvalue weighted by Crippen LogP contribution is 2.23. The van der Waals surface area contributed by atoms with Gasteiger partial charge in [-0.25, -0.2) is 21.1 Å². The molecule has 2 aromatic carbocycles. The number of hydrogen-bond donors (Lipinski definition) is 0. The Morgan fingerprint density at radius 1 is 0.815 bits per heavy atom. The zero-order chi connectivity index (χ0) is 20.5. The Balaban J connectivity index is 2.20. The van der Waals surface area contributed by atoms with Crippen LogP contribution in [-0.4, -0.2) is 35.2 Å². The minimum absolute atomic E-state index is 0.00970. The van der Waals surface area contributed by atoms with E-state index in [2.05, 4.69) is 20.8 Å². The molecule has 0 aliphatic carbocycles. The van der Waals surface area contributed by atoms with Gasteiger partial charge in [0.25, 0.3) is 0 Å². The van der Waals surface area contributed by atoms with Crippen molar-refractivity contribution < 1.29 is 16.8 Å². The minimum atomic E-state index is -3.59. The normalized spacial score (nSPS) is 13.1. The summed E-state index contributed by atoms with van der Waals surface area (Å²) in [6.07, 6.45) is 0. The van der Waals surface area contributed by atoms with E-state index in [0.717, 1.165) is 15.4 Å². The van der Waals surface area contributed by atoms with Gasteiger partial charge in [-0.1, -0.05) is 57.2 Å². The first-order valence-corrected chi connectivity index (χ1v) is 11.9. The first-order valence-electron chi connectivity index (χ1n) is 8.62. The van der Waals surface area contributed by atoms with Gasteiger partial charge in [-0.15, -0.1) is 0 Å². The van der Waals surface area contributed by atoms with Crippen molar-refractivity contribution in [1.82, 2.24) is 4.31 Å². The van der Waals surface area contributed by atoms with Crippen LogP contribution in [0.1, 0.15) is 37.5 Å². The summed E-state index contributed by atoms with van der Waals surface area (Å²) in [5.74, 6) is -0.285. The van der Waals surface area contributed by atoms with Gasteiger partial charge in [-0.2, -0.15) is 0 Å². The first-order chi connectivity index (χ1) is 12.3. The van der Waals surface area contributed by atoms with Gasteiger partial charge in [0, 0.05) is 14.1 Å². The monoisotopic (exact) mass is 409 g/mol. The second-order valence-electron chi connectivity index (χ2n) is 7.91. The first kappa shape index (κ1) is 21.6. The van der Waals surface area contributed by atoms with Crippen LogP contribution >= 0.6 is 0 Å². The molecule has 27 heavy (non-hydrogen) atoms.